The van der Waals surface area contributed by atoms with Crippen LogP contribution >= 0.6 is 0 Å². The molecule has 0 bridgehead atoms. The fraction of sp³-hybridized carbons (Fsp3) is 0.250. The zero-order chi connectivity index (χ0) is 6.15. The maximum atomic E-state index is 10.4. The van der Waals surface area contributed by atoms with E-state index in [2.05, 4.69) is 0 Å². The first-order valence-electron chi connectivity index (χ1n) is 2.21. The van der Waals surface area contributed by atoms with Crippen molar-refractivity contribution in [2.24, 2.45) is 0 Å². The van der Waals surface area contributed by atoms with Crippen LogP contribution in [0.15, 0.2) is 0 Å². The first-order valence-corrected chi connectivity index (χ1v) is 2.21. The number of hydrogen-bond acceptors (Lipinski definition) is 2. The summed E-state index contributed by atoms with van der Waals surface area (Å²) in [6.07, 6.45) is 0. The molecule has 40 valence electrons. The van der Waals surface area contributed by atoms with Gasteiger partial charge in [-0.25, -0.2) is 0 Å². The third kappa shape index (κ3) is 0.578. The van der Waals surface area contributed by atoms with Gasteiger partial charge < -0.3 is 0 Å². The molecule has 1 aliphatic rings. The molecule has 0 aromatic heterocycles. The molecule has 4 heteroatoms. The fourth-order valence-electron chi connectivity index (χ4n) is 0.475. The molecule has 8 heavy (non-hydrogen) atoms. The van der Waals surface area contributed by atoms with Crippen molar-refractivity contribution in [2.45, 2.75) is 0 Å². The third-order valence-electron chi connectivity index (χ3n) is 1.03. The number of nitrogens with zero attached hydrogens (tertiary/aromatic N) is 1. The van der Waals surface area contributed by atoms with Gasteiger partial charge in [0.15, 0.2) is 0 Å². The molecule has 3 nitrogen and oxygen atoms in total. The van der Waals surface area contributed by atoms with E-state index >= 15 is 0 Å². The molecule has 0 aliphatic carbocycles. The van der Waals surface area contributed by atoms with E-state index in [0.29, 0.717) is 0 Å². The molecule has 2 amide bonds. The topological polar surface area (TPSA) is 37.4 Å². The summed E-state index contributed by atoms with van der Waals surface area (Å²) in [4.78, 5) is 21.9. The molecule has 0 radical (unpaired) electrons. The van der Waals surface area contributed by atoms with Crippen LogP contribution in [0.4, 0.5) is 4.79 Å². The molecule has 0 N–H and O–H groups in total. The van der Waals surface area contributed by atoms with E-state index < -0.39 is 0 Å². The van der Waals surface area contributed by atoms with Gasteiger partial charge in [0.25, 0.3) is 0 Å². The van der Waals surface area contributed by atoms with E-state index in [1.165, 1.54) is 19.9 Å². The predicted octanol–water partition coefficient (Wildman–Crippen LogP) is -0.915. The Kier molecular flexibility index (Phi) is 1.01. The summed E-state index contributed by atoms with van der Waals surface area (Å²) in [5, 5.41) is 0. The van der Waals surface area contributed by atoms with Crippen molar-refractivity contribution in [3.05, 3.63) is 0 Å². The summed E-state index contributed by atoms with van der Waals surface area (Å²) in [6.45, 7) is 1.25. The van der Waals surface area contributed by atoms with E-state index in [4.69, 9.17) is 0 Å². The Bertz CT molecular complexity index is 157. The predicted molar refractivity (Wildman–Crippen MR) is 30.0 cm³/mol. The minimum absolute atomic E-state index is 0.241. The Morgan fingerprint density at radius 2 is 2.25 bits per heavy atom. The van der Waals surface area contributed by atoms with Crippen LogP contribution < -0.4 is 0 Å². The van der Waals surface area contributed by atoms with Gasteiger partial charge in [-0.2, -0.15) is 0 Å². The molecule has 0 atom stereocenters. The maximum absolute atomic E-state index is 10.4. The van der Waals surface area contributed by atoms with Crippen LogP contribution in [-0.4, -0.2) is 36.5 Å². The average Bonchev–Trinajstić information content (AvgIpc) is 1.98. The van der Waals surface area contributed by atoms with Crippen molar-refractivity contribution in [2.75, 3.05) is 7.05 Å². The summed E-state index contributed by atoms with van der Waals surface area (Å²) in [5.41, 5.74) is 0. The summed E-state index contributed by atoms with van der Waals surface area (Å²) >= 11 is 0. The summed E-state index contributed by atoms with van der Waals surface area (Å²) in [5.74, 6) is 0.771. The first-order chi connectivity index (χ1) is 3.72. The third-order valence-corrected chi connectivity index (χ3v) is 1.03. The summed E-state index contributed by atoms with van der Waals surface area (Å²) in [7, 11) is 1.45. The van der Waals surface area contributed by atoms with Crippen molar-refractivity contribution in [3.8, 4) is 0 Å². The molecule has 0 unspecified atom stereocenters. The van der Waals surface area contributed by atoms with Crippen LogP contribution in [0.3, 0.4) is 0 Å². The monoisotopic (exact) mass is 109 g/mol. The van der Waals surface area contributed by atoms with Crippen molar-refractivity contribution >= 4 is 24.6 Å². The Labute approximate surface area is 47.2 Å². The molecule has 0 aromatic rings. The van der Waals surface area contributed by atoms with Gasteiger partial charge in [0.05, 0.1) is 0 Å². The number of imide groups is 1. The Morgan fingerprint density at radius 1 is 1.62 bits per heavy atom. The zero-order valence-electron chi connectivity index (χ0n) is 4.42. The van der Waals surface area contributed by atoms with Crippen LogP contribution in [0.1, 0.15) is 0 Å². The molecule has 0 aromatic carbocycles. The van der Waals surface area contributed by atoms with Crippen molar-refractivity contribution in [1.82, 2.24) is 4.90 Å². The molecule has 0 saturated heterocycles. The molecular weight excluding hydrogens is 105 g/mol. The van der Waals surface area contributed by atoms with E-state index in [-0.39, 0.29) is 11.7 Å². The van der Waals surface area contributed by atoms with Crippen LogP contribution in [0.25, 0.3) is 0 Å². The number of hydrogen-bond donors (Lipinski definition) is 0. The van der Waals surface area contributed by atoms with Crippen LogP contribution in [0, 0.1) is 0 Å². The Morgan fingerprint density at radius 3 is 2.38 bits per heavy atom. The number of carbonyl (C=O) groups is 2. The zero-order valence-corrected chi connectivity index (χ0v) is 4.42. The fourth-order valence-corrected chi connectivity index (χ4v) is 0.475. The van der Waals surface area contributed by atoms with E-state index in [1.54, 1.807) is 0 Å². The van der Waals surface area contributed by atoms with Crippen molar-refractivity contribution in [1.29, 1.82) is 0 Å². The van der Waals surface area contributed by atoms with Crippen LogP contribution in [0.2, 0.25) is 0 Å². The first kappa shape index (κ1) is 5.22. The van der Waals surface area contributed by atoms with Gasteiger partial charge in [0.1, 0.15) is 0 Å². The van der Waals surface area contributed by atoms with Crippen LogP contribution in [0.5, 0.6) is 0 Å². The van der Waals surface area contributed by atoms with Crippen LogP contribution in [-0.2, 0) is 4.79 Å². The molecular formula is C4H4BNO2. The molecule has 1 heterocycles. The standard InChI is InChI=1S/C4H4BNO2/c1-6-3(7)2-5-4(6)8/h2H,1H3. The molecule has 0 spiro atoms. The second-order valence-electron chi connectivity index (χ2n) is 1.57. The normalized spacial score (nSPS) is 17.4. The Balaban J connectivity index is 2.84. The SMILES string of the molecule is CN1C(=O)B=CC1=O. The van der Waals surface area contributed by atoms with E-state index in [1.807, 2.05) is 0 Å². The van der Waals surface area contributed by atoms with Gasteiger partial charge >= 0.3 is 46.1 Å². The second-order valence-corrected chi connectivity index (χ2v) is 1.57. The minimum atomic E-state index is -0.241. The molecule has 0 saturated carbocycles. The molecule has 0 fully saturated rings. The van der Waals surface area contributed by atoms with Gasteiger partial charge in [-0.3, -0.25) is 0 Å². The van der Waals surface area contributed by atoms with Crippen molar-refractivity contribution < 1.29 is 9.59 Å². The van der Waals surface area contributed by atoms with E-state index in [9.17, 15) is 9.59 Å². The van der Waals surface area contributed by atoms with Gasteiger partial charge in [0, 0.05) is 0 Å². The number of carbonyl (C=O) groups excluding carboxylic acids is 2. The quantitative estimate of drug-likeness (QED) is 0.377. The molecule has 1 rings (SSSR count). The Hall–Kier alpha value is -0.925. The van der Waals surface area contributed by atoms with Gasteiger partial charge in [0.2, 0.25) is 0 Å². The van der Waals surface area contributed by atoms with Gasteiger partial charge in [-0.1, -0.05) is 0 Å². The molecule has 1 aliphatic heterocycles. The summed E-state index contributed by atoms with van der Waals surface area (Å²) < 4.78 is 0. The average molecular weight is 109 g/mol. The number of rotatable bonds is 0. The van der Waals surface area contributed by atoms with Crippen molar-refractivity contribution in [3.63, 3.8) is 0 Å². The van der Waals surface area contributed by atoms with Gasteiger partial charge in [-0.15, -0.1) is 0 Å². The van der Waals surface area contributed by atoms with Gasteiger partial charge in [-0.05, 0) is 0 Å². The van der Waals surface area contributed by atoms with E-state index in [0.717, 1.165) is 4.90 Å². The summed E-state index contributed by atoms with van der Waals surface area (Å²) in [6, 6.07) is 0. The second kappa shape index (κ2) is 1.54. The number of amides is 2.